The molecule has 1 N–H and O–H groups in total. The van der Waals surface area contributed by atoms with Crippen LogP contribution in [0.1, 0.15) is 27.2 Å². The first-order valence-corrected chi connectivity index (χ1v) is 9.83. The van der Waals surface area contributed by atoms with E-state index >= 15 is 0 Å². The summed E-state index contributed by atoms with van der Waals surface area (Å²) in [5.74, 6) is 0.823. The van der Waals surface area contributed by atoms with Gasteiger partial charge in [-0.25, -0.2) is 9.56 Å². The number of anilines is 1. The molecule has 1 heterocycles. The molecular formula is C23H26N3O+. The van der Waals surface area contributed by atoms with Crippen molar-refractivity contribution in [2.75, 3.05) is 25.0 Å². The summed E-state index contributed by atoms with van der Waals surface area (Å²) in [6, 6.07) is 16.8. The highest BCUT2D eigenvalue weighted by Gasteiger charge is 2.15. The van der Waals surface area contributed by atoms with Crippen molar-refractivity contribution in [3.63, 3.8) is 0 Å². The molecule has 0 unspecified atom stereocenters. The third-order valence-corrected chi connectivity index (χ3v) is 5.07. The van der Waals surface area contributed by atoms with Crippen LogP contribution in [0.4, 0.5) is 5.69 Å². The van der Waals surface area contributed by atoms with Crippen molar-refractivity contribution >= 4 is 27.6 Å². The summed E-state index contributed by atoms with van der Waals surface area (Å²) in [5.41, 5.74) is 3.72. The van der Waals surface area contributed by atoms with Gasteiger partial charge in [0.15, 0.2) is 11.3 Å². The lowest BCUT2D eigenvalue weighted by atomic mass is 10.1. The SMILES string of the molecule is CCCNc1cc2oc3cc(=[N+](CC)CC)ccc-3nc2c2ccccc12. The highest BCUT2D eigenvalue weighted by molar-refractivity contribution is 6.10. The van der Waals surface area contributed by atoms with Gasteiger partial charge in [0.25, 0.3) is 0 Å². The maximum atomic E-state index is 6.33. The Morgan fingerprint density at radius 3 is 2.48 bits per heavy atom. The van der Waals surface area contributed by atoms with Crippen LogP contribution in [-0.2, 0) is 0 Å². The lowest BCUT2D eigenvalue weighted by Crippen LogP contribution is -2.29. The van der Waals surface area contributed by atoms with Crippen molar-refractivity contribution in [2.45, 2.75) is 27.2 Å². The van der Waals surface area contributed by atoms with E-state index in [0.29, 0.717) is 0 Å². The van der Waals surface area contributed by atoms with Gasteiger partial charge < -0.3 is 9.73 Å². The molecule has 0 fully saturated rings. The zero-order chi connectivity index (χ0) is 18.8. The molecule has 2 aromatic rings. The summed E-state index contributed by atoms with van der Waals surface area (Å²) >= 11 is 0. The zero-order valence-electron chi connectivity index (χ0n) is 16.2. The Morgan fingerprint density at radius 1 is 0.963 bits per heavy atom. The van der Waals surface area contributed by atoms with E-state index in [-0.39, 0.29) is 0 Å². The fourth-order valence-corrected chi connectivity index (χ4v) is 3.63. The summed E-state index contributed by atoms with van der Waals surface area (Å²) in [6.45, 7) is 9.38. The Labute approximate surface area is 159 Å². The van der Waals surface area contributed by atoms with Crippen LogP contribution in [0.5, 0.6) is 0 Å². The molecule has 0 amide bonds. The van der Waals surface area contributed by atoms with E-state index in [9.17, 15) is 0 Å². The van der Waals surface area contributed by atoms with Crippen LogP contribution >= 0.6 is 0 Å². The lowest BCUT2D eigenvalue weighted by Gasteiger charge is -2.13. The van der Waals surface area contributed by atoms with Crippen LogP contribution < -0.4 is 15.2 Å². The van der Waals surface area contributed by atoms with Gasteiger partial charge in [-0.2, -0.15) is 0 Å². The van der Waals surface area contributed by atoms with Gasteiger partial charge in [0.2, 0.25) is 5.36 Å². The second-order valence-corrected chi connectivity index (χ2v) is 6.78. The molecule has 0 radical (unpaired) electrons. The number of hydrogen-bond acceptors (Lipinski definition) is 3. The monoisotopic (exact) mass is 360 g/mol. The molecule has 138 valence electrons. The molecule has 0 bridgehead atoms. The molecule has 4 rings (SSSR count). The maximum absolute atomic E-state index is 6.33. The highest BCUT2D eigenvalue weighted by Crippen LogP contribution is 2.33. The quantitative estimate of drug-likeness (QED) is 0.318. The topological polar surface area (TPSA) is 41.1 Å². The normalized spacial score (nSPS) is 11.4. The average Bonchev–Trinajstić information content (AvgIpc) is 2.71. The number of fused-ring (bicyclic) bond motifs is 4. The summed E-state index contributed by atoms with van der Waals surface area (Å²) < 4.78 is 8.64. The van der Waals surface area contributed by atoms with Crippen LogP contribution in [0.25, 0.3) is 33.3 Å². The fraction of sp³-hybridized carbons (Fsp3) is 0.304. The van der Waals surface area contributed by atoms with Crippen LogP contribution in [0, 0.1) is 0 Å². The van der Waals surface area contributed by atoms with E-state index in [1.807, 2.05) is 0 Å². The van der Waals surface area contributed by atoms with Gasteiger partial charge in [0.1, 0.15) is 24.3 Å². The minimum absolute atomic E-state index is 0.816. The first-order valence-electron chi connectivity index (χ1n) is 9.83. The lowest BCUT2D eigenvalue weighted by molar-refractivity contribution is 0.600. The molecule has 0 spiro atoms. The van der Waals surface area contributed by atoms with Crippen LogP contribution in [0.2, 0.25) is 0 Å². The summed E-state index contributed by atoms with van der Waals surface area (Å²) in [4.78, 5) is 4.94. The van der Waals surface area contributed by atoms with E-state index in [1.54, 1.807) is 0 Å². The Kier molecular flexibility index (Phi) is 4.80. The van der Waals surface area contributed by atoms with Gasteiger partial charge >= 0.3 is 0 Å². The molecule has 0 aromatic heterocycles. The standard InChI is InChI=1S/C23H25N3O/c1-4-13-24-20-15-22-23(18-10-8-7-9-17(18)20)25-19-12-11-16(14-21(19)27-22)26(5-2)6-3/h7-12,14-15H,4-6,13H2,1-3H3/p+1. The number of hydrogen-bond donors (Lipinski definition) is 1. The first-order chi connectivity index (χ1) is 13.2. The Bertz CT molecular complexity index is 1140. The molecular weight excluding hydrogens is 334 g/mol. The van der Waals surface area contributed by atoms with E-state index in [2.05, 4.69) is 79.2 Å². The number of nitrogens with one attached hydrogen (secondary N) is 1. The van der Waals surface area contributed by atoms with E-state index in [4.69, 9.17) is 9.40 Å². The molecule has 1 aliphatic carbocycles. The van der Waals surface area contributed by atoms with Crippen molar-refractivity contribution in [3.8, 4) is 11.5 Å². The second-order valence-electron chi connectivity index (χ2n) is 6.78. The van der Waals surface area contributed by atoms with Crippen LogP contribution in [-0.4, -0.2) is 24.6 Å². The minimum atomic E-state index is 0.816. The summed E-state index contributed by atoms with van der Waals surface area (Å²) in [6.07, 6.45) is 1.08. The average molecular weight is 360 g/mol. The van der Waals surface area contributed by atoms with Gasteiger partial charge in [0.05, 0.1) is 6.07 Å². The Balaban J connectivity index is 2.02. The smallest absolute Gasteiger partial charge is 0.203 e. The van der Waals surface area contributed by atoms with Crippen LogP contribution in [0.15, 0.2) is 52.9 Å². The van der Waals surface area contributed by atoms with E-state index in [0.717, 1.165) is 59.7 Å². The minimum Gasteiger partial charge on any atom is -0.452 e. The molecule has 27 heavy (non-hydrogen) atoms. The number of nitrogens with zero attached hydrogens (tertiary/aromatic N) is 2. The molecule has 2 aromatic carbocycles. The van der Waals surface area contributed by atoms with Crippen molar-refractivity contribution in [3.05, 3.63) is 53.9 Å². The van der Waals surface area contributed by atoms with Crippen molar-refractivity contribution in [1.82, 2.24) is 9.56 Å². The molecule has 0 saturated heterocycles. The van der Waals surface area contributed by atoms with E-state index < -0.39 is 0 Å². The van der Waals surface area contributed by atoms with Crippen LogP contribution in [0.3, 0.4) is 0 Å². The number of benzene rings is 3. The fourth-order valence-electron chi connectivity index (χ4n) is 3.63. The molecule has 1 aliphatic heterocycles. The molecule has 4 nitrogen and oxygen atoms in total. The number of rotatable bonds is 5. The van der Waals surface area contributed by atoms with Gasteiger partial charge in [0, 0.05) is 35.1 Å². The molecule has 0 atom stereocenters. The predicted octanol–water partition coefficient (Wildman–Crippen LogP) is 4.72. The van der Waals surface area contributed by atoms with Gasteiger partial charge in [-0.1, -0.05) is 31.2 Å². The first kappa shape index (κ1) is 17.5. The van der Waals surface area contributed by atoms with Gasteiger partial charge in [-0.05, 0) is 26.3 Å². The van der Waals surface area contributed by atoms with E-state index in [1.165, 1.54) is 10.7 Å². The van der Waals surface area contributed by atoms with Gasteiger partial charge in [-0.3, -0.25) is 0 Å². The molecule has 4 heteroatoms. The molecule has 2 aliphatic rings. The second kappa shape index (κ2) is 7.39. The Hall–Kier alpha value is -2.88. The van der Waals surface area contributed by atoms with Crippen molar-refractivity contribution in [1.29, 1.82) is 0 Å². The zero-order valence-corrected chi connectivity index (χ0v) is 16.2. The largest absolute Gasteiger partial charge is 0.452 e. The number of aromatic nitrogens is 1. The van der Waals surface area contributed by atoms with Crippen molar-refractivity contribution < 1.29 is 4.42 Å². The Morgan fingerprint density at radius 2 is 1.74 bits per heavy atom. The third kappa shape index (κ3) is 3.16. The van der Waals surface area contributed by atoms with Gasteiger partial charge in [-0.15, -0.1) is 0 Å². The predicted molar refractivity (Wildman–Crippen MR) is 113 cm³/mol. The summed E-state index contributed by atoms with van der Waals surface area (Å²) in [5, 5.41) is 7.00. The third-order valence-electron chi connectivity index (χ3n) is 5.07. The highest BCUT2D eigenvalue weighted by atomic mass is 16.3. The van der Waals surface area contributed by atoms with Crippen molar-refractivity contribution in [2.24, 2.45) is 0 Å². The summed E-state index contributed by atoms with van der Waals surface area (Å²) in [7, 11) is 0. The maximum Gasteiger partial charge on any atom is 0.203 e. The molecule has 0 saturated carbocycles.